The first kappa shape index (κ1) is 17.1. The van der Waals surface area contributed by atoms with Crippen LogP contribution in [0.2, 0.25) is 0 Å². The number of aliphatic hydroxyl groups excluding tert-OH is 1. The van der Waals surface area contributed by atoms with E-state index in [0.29, 0.717) is 4.31 Å². The molecule has 1 unspecified atom stereocenters. The normalized spacial score (nSPS) is 14.8. The summed E-state index contributed by atoms with van der Waals surface area (Å²) in [5, 5.41) is 16.9. The van der Waals surface area contributed by atoms with E-state index >= 15 is 0 Å². The second-order valence-electron chi connectivity index (χ2n) is 3.38. The largest absolute Gasteiger partial charge is 0.481 e. The van der Waals surface area contributed by atoms with Gasteiger partial charge < -0.3 is 10.2 Å². The van der Waals surface area contributed by atoms with E-state index < -0.39 is 48.0 Å². The highest BCUT2D eigenvalue weighted by Crippen LogP contribution is 2.19. The predicted octanol–water partition coefficient (Wildman–Crippen LogP) is -0.849. The third kappa shape index (κ3) is 6.14. The number of alkyl halides is 3. The molecule has 0 aromatic carbocycles. The van der Waals surface area contributed by atoms with Crippen molar-refractivity contribution in [2.75, 3.05) is 20.1 Å². The van der Waals surface area contributed by atoms with Gasteiger partial charge in [0.2, 0.25) is 0 Å². The molecule has 0 saturated heterocycles. The first-order valence-corrected chi connectivity index (χ1v) is 6.08. The van der Waals surface area contributed by atoms with Gasteiger partial charge in [-0.2, -0.15) is 30.6 Å². The van der Waals surface area contributed by atoms with Gasteiger partial charge in [0.15, 0.2) is 6.10 Å². The van der Waals surface area contributed by atoms with Gasteiger partial charge in [0, 0.05) is 20.1 Å². The van der Waals surface area contributed by atoms with Crippen LogP contribution in [0.25, 0.3) is 0 Å². The minimum Gasteiger partial charge on any atom is -0.481 e. The molecule has 1 atom stereocenters. The van der Waals surface area contributed by atoms with Crippen LogP contribution in [0.1, 0.15) is 6.42 Å². The van der Waals surface area contributed by atoms with Gasteiger partial charge in [-0.3, -0.25) is 4.79 Å². The van der Waals surface area contributed by atoms with Crippen molar-refractivity contribution in [1.82, 2.24) is 9.03 Å². The van der Waals surface area contributed by atoms with Crippen molar-refractivity contribution >= 4 is 16.2 Å². The lowest BCUT2D eigenvalue weighted by molar-refractivity contribution is -0.200. The van der Waals surface area contributed by atoms with Crippen LogP contribution in [0.15, 0.2) is 0 Å². The maximum Gasteiger partial charge on any atom is 0.415 e. The summed E-state index contributed by atoms with van der Waals surface area (Å²) in [5.41, 5.74) is 0. The molecule has 0 aliphatic rings. The van der Waals surface area contributed by atoms with E-state index in [9.17, 15) is 26.4 Å². The SMILES string of the molecule is CN(CCC(=O)O)S(=O)(=O)NCC(O)C(F)(F)F. The Hall–Kier alpha value is -0.910. The van der Waals surface area contributed by atoms with Crippen molar-refractivity contribution in [2.24, 2.45) is 0 Å². The van der Waals surface area contributed by atoms with Crippen LogP contribution in [0.4, 0.5) is 13.2 Å². The van der Waals surface area contributed by atoms with Gasteiger partial charge in [0.05, 0.1) is 6.42 Å². The highest BCUT2D eigenvalue weighted by molar-refractivity contribution is 7.87. The summed E-state index contributed by atoms with van der Waals surface area (Å²) in [5.74, 6) is -1.24. The minimum absolute atomic E-state index is 0.396. The topological polar surface area (TPSA) is 107 Å². The molecule has 0 fully saturated rings. The highest BCUT2D eigenvalue weighted by atomic mass is 32.2. The molecule has 0 aliphatic carbocycles. The second-order valence-corrected chi connectivity index (χ2v) is 5.24. The number of nitrogens with one attached hydrogen (secondary N) is 1. The quantitative estimate of drug-likeness (QED) is 0.567. The van der Waals surface area contributed by atoms with Crippen LogP contribution in [-0.2, 0) is 15.0 Å². The first-order valence-electron chi connectivity index (χ1n) is 4.64. The summed E-state index contributed by atoms with van der Waals surface area (Å²) >= 11 is 0. The van der Waals surface area contributed by atoms with Crippen LogP contribution in [-0.4, -0.2) is 61.3 Å². The number of aliphatic carboxylic acids is 1. The maximum absolute atomic E-state index is 11.9. The average Bonchev–Trinajstić information content (AvgIpc) is 2.20. The van der Waals surface area contributed by atoms with Crippen molar-refractivity contribution in [3.8, 4) is 0 Å². The molecule has 0 bridgehead atoms. The molecule has 0 radical (unpaired) electrons. The van der Waals surface area contributed by atoms with Crippen molar-refractivity contribution in [2.45, 2.75) is 18.7 Å². The smallest absolute Gasteiger partial charge is 0.415 e. The standard InChI is InChI=1S/C7H13F3N2O5S/c1-12(3-2-6(14)15)18(16,17)11-4-5(13)7(8,9)10/h5,11,13H,2-4H2,1H3,(H,14,15). The number of halogens is 3. The Morgan fingerprint density at radius 1 is 1.44 bits per heavy atom. The molecule has 0 aliphatic heterocycles. The monoisotopic (exact) mass is 294 g/mol. The first-order chi connectivity index (χ1) is 7.97. The predicted molar refractivity (Wildman–Crippen MR) is 53.9 cm³/mol. The van der Waals surface area contributed by atoms with Gasteiger partial charge in [-0.25, -0.2) is 0 Å². The molecule has 11 heteroatoms. The second kappa shape index (κ2) is 6.31. The number of nitrogens with zero attached hydrogens (tertiary/aromatic N) is 1. The lowest BCUT2D eigenvalue weighted by Crippen LogP contribution is -2.45. The number of hydrogen-bond acceptors (Lipinski definition) is 4. The van der Waals surface area contributed by atoms with E-state index in [-0.39, 0.29) is 0 Å². The van der Waals surface area contributed by atoms with Gasteiger partial charge in [-0.05, 0) is 0 Å². The van der Waals surface area contributed by atoms with E-state index in [0.717, 1.165) is 7.05 Å². The average molecular weight is 294 g/mol. The van der Waals surface area contributed by atoms with Crippen molar-refractivity contribution < 1.29 is 36.6 Å². The Balaban J connectivity index is 4.35. The number of aliphatic hydroxyl groups is 1. The summed E-state index contributed by atoms with van der Waals surface area (Å²) in [6.07, 6.45) is -8.23. The third-order valence-electron chi connectivity index (χ3n) is 1.89. The van der Waals surface area contributed by atoms with Gasteiger partial charge in [-0.15, -0.1) is 0 Å². The van der Waals surface area contributed by atoms with E-state index in [1.54, 1.807) is 0 Å². The fourth-order valence-corrected chi connectivity index (χ4v) is 1.70. The van der Waals surface area contributed by atoms with Crippen LogP contribution < -0.4 is 4.72 Å². The zero-order valence-corrected chi connectivity index (χ0v) is 10.1. The number of hydrogen-bond donors (Lipinski definition) is 3. The van der Waals surface area contributed by atoms with Gasteiger partial charge in [0.1, 0.15) is 0 Å². The zero-order valence-electron chi connectivity index (χ0n) is 9.31. The molecule has 0 heterocycles. The van der Waals surface area contributed by atoms with Crippen molar-refractivity contribution in [3.63, 3.8) is 0 Å². The van der Waals surface area contributed by atoms with E-state index in [1.807, 2.05) is 0 Å². The Labute approximate surface area is 101 Å². The lowest BCUT2D eigenvalue weighted by Gasteiger charge is -2.19. The van der Waals surface area contributed by atoms with Gasteiger partial charge in [0.25, 0.3) is 10.2 Å². The molecule has 0 aromatic rings. The summed E-state index contributed by atoms with van der Waals surface area (Å²) in [6, 6.07) is 0. The number of carbonyl (C=O) groups is 1. The molecule has 0 rings (SSSR count). The molecule has 18 heavy (non-hydrogen) atoms. The van der Waals surface area contributed by atoms with E-state index in [4.69, 9.17) is 10.2 Å². The van der Waals surface area contributed by atoms with Crippen LogP contribution in [0.5, 0.6) is 0 Å². The van der Waals surface area contributed by atoms with Crippen LogP contribution in [0.3, 0.4) is 0 Å². The Morgan fingerprint density at radius 3 is 2.33 bits per heavy atom. The fourth-order valence-electron chi connectivity index (χ4n) is 0.783. The lowest BCUT2D eigenvalue weighted by atomic mass is 10.4. The number of carboxylic acids is 1. The molecular weight excluding hydrogens is 281 g/mol. The molecule has 3 N–H and O–H groups in total. The third-order valence-corrected chi connectivity index (χ3v) is 3.42. The summed E-state index contributed by atoms with van der Waals surface area (Å²) in [7, 11) is -3.25. The summed E-state index contributed by atoms with van der Waals surface area (Å²) in [4.78, 5) is 10.2. The highest BCUT2D eigenvalue weighted by Gasteiger charge is 2.38. The number of carboxylic acid groups (broad SMARTS) is 1. The van der Waals surface area contributed by atoms with Crippen molar-refractivity contribution in [3.05, 3.63) is 0 Å². The summed E-state index contributed by atoms with van der Waals surface area (Å²) < 4.78 is 60.4. The fraction of sp³-hybridized carbons (Fsp3) is 0.857. The molecule has 0 saturated carbocycles. The van der Waals surface area contributed by atoms with Crippen molar-refractivity contribution in [1.29, 1.82) is 0 Å². The molecule has 0 aromatic heterocycles. The summed E-state index contributed by atoms with van der Waals surface area (Å²) in [6.45, 7) is -1.63. The minimum atomic E-state index is -4.93. The van der Waals surface area contributed by atoms with Crippen LogP contribution in [0, 0.1) is 0 Å². The molecule has 108 valence electrons. The molecular formula is C7H13F3N2O5S. The van der Waals surface area contributed by atoms with Crippen LogP contribution >= 0.6 is 0 Å². The molecule has 0 amide bonds. The van der Waals surface area contributed by atoms with Gasteiger partial charge >= 0.3 is 12.1 Å². The number of rotatable bonds is 7. The van der Waals surface area contributed by atoms with E-state index in [2.05, 4.69) is 0 Å². The van der Waals surface area contributed by atoms with E-state index in [1.165, 1.54) is 4.72 Å². The van der Waals surface area contributed by atoms with Gasteiger partial charge in [-0.1, -0.05) is 0 Å². The molecule has 0 spiro atoms. The Morgan fingerprint density at radius 2 is 1.94 bits per heavy atom. The zero-order chi connectivity index (χ0) is 14.6. The maximum atomic E-state index is 11.9. The Kier molecular flexibility index (Phi) is 5.99. The molecule has 7 nitrogen and oxygen atoms in total. The Bertz CT molecular complexity index is 383.